The largest absolute Gasteiger partial charge is 0.491 e. The van der Waals surface area contributed by atoms with Crippen molar-refractivity contribution in [2.45, 2.75) is 24.1 Å². The summed E-state index contributed by atoms with van der Waals surface area (Å²) in [5.41, 5.74) is 3.08. The highest BCUT2D eigenvalue weighted by molar-refractivity contribution is 7.99. The van der Waals surface area contributed by atoms with Crippen molar-refractivity contribution in [3.05, 3.63) is 102 Å². The van der Waals surface area contributed by atoms with E-state index in [0.29, 0.717) is 24.3 Å². The summed E-state index contributed by atoms with van der Waals surface area (Å²) in [4.78, 5) is 0. The average Bonchev–Trinajstić information content (AvgIpc) is 3.26. The van der Waals surface area contributed by atoms with Gasteiger partial charge < -0.3 is 9.84 Å². The van der Waals surface area contributed by atoms with E-state index in [-0.39, 0.29) is 6.61 Å². The van der Waals surface area contributed by atoms with Gasteiger partial charge in [-0.3, -0.25) is 4.57 Å². The Hall–Kier alpha value is -3.60. The minimum Gasteiger partial charge on any atom is -0.491 e. The van der Waals surface area contributed by atoms with Gasteiger partial charge in [0.25, 0.3) is 0 Å². The molecule has 0 amide bonds. The van der Waals surface area contributed by atoms with Crippen LogP contribution in [0.3, 0.4) is 0 Å². The monoisotopic (exact) mass is 456 g/mol. The number of aliphatic hydroxyl groups excluding tert-OH is 1. The SMILES string of the molecule is N#CCc1ccc(OC[C@H](O)CSc2nnc(Cc3ccccc3)n2-c2ccccc2)cc1. The number of ether oxygens (including phenoxy) is 1. The molecule has 3 aromatic carbocycles. The van der Waals surface area contributed by atoms with Crippen LogP contribution in [0.4, 0.5) is 0 Å². The van der Waals surface area contributed by atoms with E-state index in [0.717, 1.165) is 27.8 Å². The number of hydrogen-bond acceptors (Lipinski definition) is 6. The first kappa shape index (κ1) is 22.6. The first-order chi connectivity index (χ1) is 16.2. The molecule has 4 rings (SSSR count). The van der Waals surface area contributed by atoms with Crippen molar-refractivity contribution < 1.29 is 9.84 Å². The summed E-state index contributed by atoms with van der Waals surface area (Å²) in [6, 6.07) is 29.6. The number of aromatic nitrogens is 3. The zero-order valence-corrected chi connectivity index (χ0v) is 18.9. The summed E-state index contributed by atoms with van der Waals surface area (Å²) < 4.78 is 7.74. The van der Waals surface area contributed by atoms with Gasteiger partial charge in [0.15, 0.2) is 5.16 Å². The Balaban J connectivity index is 1.41. The van der Waals surface area contributed by atoms with E-state index >= 15 is 0 Å². The van der Waals surface area contributed by atoms with Crippen LogP contribution in [-0.2, 0) is 12.8 Å². The smallest absolute Gasteiger partial charge is 0.195 e. The Bertz CT molecular complexity index is 1190. The second kappa shape index (κ2) is 11.3. The lowest BCUT2D eigenvalue weighted by Gasteiger charge is -2.13. The van der Waals surface area contributed by atoms with Crippen molar-refractivity contribution in [2.24, 2.45) is 0 Å². The molecule has 0 aliphatic carbocycles. The highest BCUT2D eigenvalue weighted by Crippen LogP contribution is 2.24. The number of nitrogens with zero attached hydrogens (tertiary/aromatic N) is 4. The molecule has 1 heterocycles. The van der Waals surface area contributed by atoms with Crippen LogP contribution < -0.4 is 4.74 Å². The first-order valence-corrected chi connectivity index (χ1v) is 11.6. The number of benzene rings is 3. The Morgan fingerprint density at radius 1 is 0.909 bits per heavy atom. The predicted octanol–water partition coefficient (Wildman–Crippen LogP) is 4.46. The molecule has 6 nitrogen and oxygen atoms in total. The summed E-state index contributed by atoms with van der Waals surface area (Å²) >= 11 is 1.45. The Morgan fingerprint density at radius 2 is 1.61 bits per heavy atom. The third-order valence-electron chi connectivity index (χ3n) is 4.97. The maximum atomic E-state index is 10.5. The lowest BCUT2D eigenvalue weighted by Crippen LogP contribution is -2.20. The van der Waals surface area contributed by atoms with Crippen molar-refractivity contribution in [3.8, 4) is 17.5 Å². The molecule has 33 heavy (non-hydrogen) atoms. The lowest BCUT2D eigenvalue weighted by molar-refractivity contribution is 0.126. The molecule has 0 spiro atoms. The van der Waals surface area contributed by atoms with E-state index in [1.807, 2.05) is 77.4 Å². The Kier molecular flexibility index (Phi) is 7.75. The van der Waals surface area contributed by atoms with Crippen molar-refractivity contribution in [3.63, 3.8) is 0 Å². The molecule has 0 radical (unpaired) electrons. The number of thioether (sulfide) groups is 1. The summed E-state index contributed by atoms with van der Waals surface area (Å²) in [5, 5.41) is 28.8. The fourth-order valence-electron chi connectivity index (χ4n) is 3.33. The molecule has 1 atom stereocenters. The van der Waals surface area contributed by atoms with Gasteiger partial charge in [0, 0.05) is 17.9 Å². The molecule has 4 aromatic rings. The summed E-state index contributed by atoms with van der Waals surface area (Å²) in [5.74, 6) is 1.93. The van der Waals surface area contributed by atoms with Gasteiger partial charge in [0.2, 0.25) is 0 Å². The van der Waals surface area contributed by atoms with Gasteiger partial charge in [-0.25, -0.2) is 0 Å². The standard InChI is InChI=1S/C26H24N4O2S/c27-16-15-20-11-13-24(14-12-20)32-18-23(31)19-33-26-29-28-25(17-21-7-3-1-4-8-21)30(26)22-9-5-2-6-10-22/h1-14,23,31H,15,17-19H2/t23-/m0/s1. The molecule has 0 aliphatic rings. The van der Waals surface area contributed by atoms with Crippen molar-refractivity contribution in [1.82, 2.24) is 14.8 Å². The minimum absolute atomic E-state index is 0.168. The minimum atomic E-state index is -0.674. The fraction of sp³-hybridized carbons (Fsp3) is 0.192. The number of para-hydroxylation sites is 1. The van der Waals surface area contributed by atoms with Crippen molar-refractivity contribution in [2.75, 3.05) is 12.4 Å². The molecule has 1 N–H and O–H groups in total. The third-order valence-corrected chi connectivity index (χ3v) is 6.05. The van der Waals surface area contributed by atoms with E-state index in [1.165, 1.54) is 11.8 Å². The highest BCUT2D eigenvalue weighted by atomic mass is 32.2. The summed E-state index contributed by atoms with van der Waals surface area (Å²) in [6.07, 6.45) is 0.359. The lowest BCUT2D eigenvalue weighted by atomic mass is 10.1. The molecule has 1 aromatic heterocycles. The molecular weight excluding hydrogens is 432 g/mol. The molecule has 0 unspecified atom stereocenters. The van der Waals surface area contributed by atoms with Crippen LogP contribution in [0.2, 0.25) is 0 Å². The van der Waals surface area contributed by atoms with E-state index in [9.17, 15) is 5.11 Å². The van der Waals surface area contributed by atoms with E-state index < -0.39 is 6.10 Å². The van der Waals surface area contributed by atoms with E-state index in [4.69, 9.17) is 10.00 Å². The maximum Gasteiger partial charge on any atom is 0.195 e. The van der Waals surface area contributed by atoms with E-state index in [2.05, 4.69) is 28.4 Å². The normalized spacial score (nSPS) is 11.6. The summed E-state index contributed by atoms with van der Waals surface area (Å²) in [6.45, 7) is 0.168. The third kappa shape index (κ3) is 6.22. The number of hydrogen-bond donors (Lipinski definition) is 1. The Morgan fingerprint density at radius 3 is 2.30 bits per heavy atom. The van der Waals surface area contributed by atoms with Crippen molar-refractivity contribution in [1.29, 1.82) is 5.26 Å². The second-order valence-electron chi connectivity index (χ2n) is 7.49. The second-order valence-corrected chi connectivity index (χ2v) is 8.47. The van der Waals surface area contributed by atoms with Gasteiger partial charge in [-0.2, -0.15) is 5.26 Å². The highest BCUT2D eigenvalue weighted by Gasteiger charge is 2.17. The number of aliphatic hydroxyl groups is 1. The van der Waals surface area contributed by atoms with Crippen LogP contribution in [0.5, 0.6) is 5.75 Å². The molecule has 0 fully saturated rings. The Labute approximate surface area is 197 Å². The van der Waals surface area contributed by atoms with Crippen LogP contribution >= 0.6 is 11.8 Å². The van der Waals surface area contributed by atoms with Gasteiger partial charge in [-0.15, -0.1) is 10.2 Å². The van der Waals surface area contributed by atoms with Gasteiger partial charge in [0.1, 0.15) is 18.2 Å². The van der Waals surface area contributed by atoms with Crippen LogP contribution in [-0.4, -0.2) is 38.3 Å². The zero-order chi connectivity index (χ0) is 22.9. The number of rotatable bonds is 10. The summed E-state index contributed by atoms with van der Waals surface area (Å²) in [7, 11) is 0. The topological polar surface area (TPSA) is 84.0 Å². The van der Waals surface area contributed by atoms with Crippen LogP contribution in [0.15, 0.2) is 90.1 Å². The predicted molar refractivity (Wildman–Crippen MR) is 129 cm³/mol. The first-order valence-electron chi connectivity index (χ1n) is 10.7. The number of nitriles is 1. The molecular formula is C26H24N4O2S. The van der Waals surface area contributed by atoms with Crippen molar-refractivity contribution >= 4 is 11.8 Å². The average molecular weight is 457 g/mol. The van der Waals surface area contributed by atoms with Gasteiger partial charge in [0.05, 0.1) is 18.6 Å². The fourth-order valence-corrected chi connectivity index (χ4v) is 4.21. The van der Waals surface area contributed by atoms with Crippen LogP contribution in [0.25, 0.3) is 5.69 Å². The van der Waals surface area contributed by atoms with E-state index in [1.54, 1.807) is 0 Å². The molecule has 7 heteroatoms. The van der Waals surface area contributed by atoms with Gasteiger partial charge in [-0.05, 0) is 35.4 Å². The maximum absolute atomic E-state index is 10.5. The molecule has 0 bridgehead atoms. The molecule has 166 valence electrons. The van der Waals surface area contributed by atoms with Gasteiger partial charge >= 0.3 is 0 Å². The molecule has 0 saturated heterocycles. The van der Waals surface area contributed by atoms with Crippen LogP contribution in [0, 0.1) is 11.3 Å². The molecule has 0 aliphatic heterocycles. The van der Waals surface area contributed by atoms with Gasteiger partial charge in [-0.1, -0.05) is 72.4 Å². The quantitative estimate of drug-likeness (QED) is 0.355. The molecule has 0 saturated carbocycles. The van der Waals surface area contributed by atoms with Crippen LogP contribution in [0.1, 0.15) is 17.0 Å². The zero-order valence-electron chi connectivity index (χ0n) is 18.0.